The first-order valence-corrected chi connectivity index (χ1v) is 7.78. The molecule has 2 aliphatic rings. The van der Waals surface area contributed by atoms with Gasteiger partial charge in [-0.1, -0.05) is 12.8 Å². The summed E-state index contributed by atoms with van der Waals surface area (Å²) in [5.74, 6) is 2.05. The molecular formula is C16H26N2O. The molecule has 19 heavy (non-hydrogen) atoms. The number of rotatable bonds is 7. The van der Waals surface area contributed by atoms with Crippen LogP contribution in [0.1, 0.15) is 49.8 Å². The predicted molar refractivity (Wildman–Crippen MR) is 76.9 cm³/mol. The first kappa shape index (κ1) is 13.2. The van der Waals surface area contributed by atoms with E-state index in [0.29, 0.717) is 0 Å². The van der Waals surface area contributed by atoms with Crippen molar-refractivity contribution in [3.63, 3.8) is 0 Å². The summed E-state index contributed by atoms with van der Waals surface area (Å²) in [6, 6.07) is 2.88. The second-order valence-corrected chi connectivity index (χ2v) is 6.37. The Balaban J connectivity index is 1.48. The zero-order valence-electron chi connectivity index (χ0n) is 12.0. The highest BCUT2D eigenvalue weighted by Gasteiger charge is 2.22. The molecule has 3 rings (SSSR count). The van der Waals surface area contributed by atoms with Gasteiger partial charge in [0, 0.05) is 24.7 Å². The fraction of sp³-hybridized carbons (Fsp3) is 0.750. The molecule has 0 spiro atoms. The fourth-order valence-corrected chi connectivity index (χ4v) is 3.18. The van der Waals surface area contributed by atoms with Crippen molar-refractivity contribution in [1.82, 2.24) is 10.2 Å². The third-order valence-corrected chi connectivity index (χ3v) is 4.45. The molecule has 2 aliphatic carbocycles. The van der Waals surface area contributed by atoms with Gasteiger partial charge in [-0.25, -0.2) is 0 Å². The summed E-state index contributed by atoms with van der Waals surface area (Å²) >= 11 is 0. The van der Waals surface area contributed by atoms with Crippen molar-refractivity contribution in [2.45, 2.75) is 57.7 Å². The number of hydrogen-bond acceptors (Lipinski definition) is 3. The average Bonchev–Trinajstić information content (AvgIpc) is 2.89. The summed E-state index contributed by atoms with van der Waals surface area (Å²) in [5.41, 5.74) is 1.36. The molecule has 2 fully saturated rings. The minimum Gasteiger partial charge on any atom is -0.468 e. The minimum atomic E-state index is 0.745. The van der Waals surface area contributed by atoms with E-state index in [9.17, 15) is 0 Å². The topological polar surface area (TPSA) is 28.4 Å². The molecule has 3 nitrogen and oxygen atoms in total. The summed E-state index contributed by atoms with van der Waals surface area (Å²) in [7, 11) is 2.24. The lowest BCUT2D eigenvalue weighted by atomic mass is 10.1. The Morgan fingerprint density at radius 3 is 2.79 bits per heavy atom. The van der Waals surface area contributed by atoms with Gasteiger partial charge in [0.25, 0.3) is 0 Å². The van der Waals surface area contributed by atoms with Gasteiger partial charge in [-0.3, -0.25) is 0 Å². The van der Waals surface area contributed by atoms with Crippen LogP contribution in [0.4, 0.5) is 0 Å². The molecular weight excluding hydrogens is 236 g/mol. The lowest BCUT2D eigenvalue weighted by Gasteiger charge is -2.20. The molecule has 1 aromatic heterocycles. The zero-order valence-corrected chi connectivity index (χ0v) is 12.0. The Morgan fingerprint density at radius 1 is 1.26 bits per heavy atom. The van der Waals surface area contributed by atoms with E-state index in [1.54, 1.807) is 0 Å². The number of furan rings is 1. The summed E-state index contributed by atoms with van der Waals surface area (Å²) in [5, 5.41) is 3.53. The molecule has 0 aliphatic heterocycles. The van der Waals surface area contributed by atoms with Gasteiger partial charge in [0.05, 0.1) is 12.8 Å². The average molecular weight is 262 g/mol. The van der Waals surface area contributed by atoms with Crippen LogP contribution in [0.15, 0.2) is 16.7 Å². The van der Waals surface area contributed by atoms with Crippen LogP contribution in [0.3, 0.4) is 0 Å². The van der Waals surface area contributed by atoms with Gasteiger partial charge in [0.2, 0.25) is 0 Å². The first-order valence-electron chi connectivity index (χ1n) is 7.78. The van der Waals surface area contributed by atoms with Crippen molar-refractivity contribution in [2.24, 2.45) is 5.92 Å². The van der Waals surface area contributed by atoms with Crippen LogP contribution in [-0.2, 0) is 13.1 Å². The molecule has 0 atom stereocenters. The third-order valence-electron chi connectivity index (χ3n) is 4.45. The van der Waals surface area contributed by atoms with Crippen molar-refractivity contribution in [2.75, 3.05) is 13.6 Å². The van der Waals surface area contributed by atoms with E-state index in [1.165, 1.54) is 50.6 Å². The largest absolute Gasteiger partial charge is 0.468 e. The van der Waals surface area contributed by atoms with Crippen LogP contribution >= 0.6 is 0 Å². The molecule has 0 aromatic carbocycles. The number of nitrogens with zero attached hydrogens (tertiary/aromatic N) is 1. The summed E-state index contributed by atoms with van der Waals surface area (Å²) < 4.78 is 5.62. The number of nitrogens with one attached hydrogen (secondary N) is 1. The summed E-state index contributed by atoms with van der Waals surface area (Å²) in [4.78, 5) is 2.46. The zero-order chi connectivity index (χ0) is 13.1. The molecule has 1 N–H and O–H groups in total. The molecule has 0 radical (unpaired) electrons. The Labute approximate surface area is 116 Å². The van der Waals surface area contributed by atoms with E-state index in [-0.39, 0.29) is 0 Å². The second-order valence-electron chi connectivity index (χ2n) is 6.37. The van der Waals surface area contributed by atoms with Crippen molar-refractivity contribution < 1.29 is 4.42 Å². The Kier molecular flexibility index (Phi) is 4.24. The normalized spacial score (nSPS) is 20.5. The van der Waals surface area contributed by atoms with E-state index in [2.05, 4.69) is 23.3 Å². The SMILES string of the molecule is CN(Cc1ccoc1CNC1CC1)CC1CCCC1. The van der Waals surface area contributed by atoms with E-state index >= 15 is 0 Å². The minimum absolute atomic E-state index is 0.745. The Hall–Kier alpha value is -0.800. The first-order chi connectivity index (χ1) is 9.31. The van der Waals surface area contributed by atoms with Crippen LogP contribution in [0.2, 0.25) is 0 Å². The van der Waals surface area contributed by atoms with Crippen LogP contribution in [0.25, 0.3) is 0 Å². The van der Waals surface area contributed by atoms with E-state index < -0.39 is 0 Å². The van der Waals surface area contributed by atoms with Crippen LogP contribution in [-0.4, -0.2) is 24.5 Å². The van der Waals surface area contributed by atoms with Crippen molar-refractivity contribution in [1.29, 1.82) is 0 Å². The molecule has 0 bridgehead atoms. The lowest BCUT2D eigenvalue weighted by Crippen LogP contribution is -2.25. The van der Waals surface area contributed by atoms with Crippen molar-refractivity contribution in [3.8, 4) is 0 Å². The second kappa shape index (κ2) is 6.10. The van der Waals surface area contributed by atoms with Crippen molar-refractivity contribution >= 4 is 0 Å². The fourth-order valence-electron chi connectivity index (χ4n) is 3.18. The molecule has 106 valence electrons. The predicted octanol–water partition coefficient (Wildman–Crippen LogP) is 3.15. The Morgan fingerprint density at radius 2 is 2.05 bits per heavy atom. The maximum Gasteiger partial charge on any atom is 0.122 e. The van der Waals surface area contributed by atoms with Crippen molar-refractivity contribution in [3.05, 3.63) is 23.7 Å². The van der Waals surface area contributed by atoms with Gasteiger partial charge in [0.1, 0.15) is 5.76 Å². The maximum absolute atomic E-state index is 5.62. The van der Waals surface area contributed by atoms with Gasteiger partial charge < -0.3 is 14.6 Å². The Bertz CT molecular complexity index is 391. The van der Waals surface area contributed by atoms with E-state index in [4.69, 9.17) is 4.42 Å². The summed E-state index contributed by atoms with van der Waals surface area (Å²) in [6.45, 7) is 3.15. The quantitative estimate of drug-likeness (QED) is 0.818. The molecule has 2 saturated carbocycles. The third kappa shape index (κ3) is 3.83. The highest BCUT2D eigenvalue weighted by atomic mass is 16.3. The van der Waals surface area contributed by atoms with Crippen LogP contribution in [0.5, 0.6) is 0 Å². The van der Waals surface area contributed by atoms with Gasteiger partial charge >= 0.3 is 0 Å². The maximum atomic E-state index is 5.62. The summed E-state index contributed by atoms with van der Waals surface area (Å²) in [6.07, 6.45) is 10.2. The standard InChI is InChI=1S/C16H26N2O/c1-18(11-13-4-2-3-5-13)12-14-8-9-19-16(14)10-17-15-6-7-15/h8-9,13,15,17H,2-7,10-12H2,1H3. The molecule has 0 saturated heterocycles. The monoisotopic (exact) mass is 262 g/mol. The molecule has 1 aromatic rings. The molecule has 0 amide bonds. The van der Waals surface area contributed by atoms with Crippen LogP contribution in [0, 0.1) is 5.92 Å². The van der Waals surface area contributed by atoms with Crippen LogP contribution < -0.4 is 5.32 Å². The molecule has 3 heteroatoms. The lowest BCUT2D eigenvalue weighted by molar-refractivity contribution is 0.269. The number of hydrogen-bond donors (Lipinski definition) is 1. The van der Waals surface area contributed by atoms with Gasteiger partial charge in [-0.2, -0.15) is 0 Å². The van der Waals surface area contributed by atoms with Gasteiger partial charge in [-0.15, -0.1) is 0 Å². The highest BCUT2D eigenvalue weighted by Crippen LogP contribution is 2.26. The van der Waals surface area contributed by atoms with E-state index in [1.807, 2.05) is 6.26 Å². The van der Waals surface area contributed by atoms with Gasteiger partial charge in [0.15, 0.2) is 0 Å². The van der Waals surface area contributed by atoms with Gasteiger partial charge in [-0.05, 0) is 44.7 Å². The van der Waals surface area contributed by atoms with E-state index in [0.717, 1.165) is 30.8 Å². The highest BCUT2D eigenvalue weighted by molar-refractivity contribution is 5.17. The smallest absolute Gasteiger partial charge is 0.122 e. The molecule has 1 heterocycles. The molecule has 0 unspecified atom stereocenters.